The second-order valence-corrected chi connectivity index (χ2v) is 5.65. The number of thiophene rings is 1. The first kappa shape index (κ1) is 10.0. The van der Waals surface area contributed by atoms with Gasteiger partial charge in [-0.15, -0.1) is 23.1 Å². The van der Waals surface area contributed by atoms with E-state index in [2.05, 4.69) is 28.3 Å². The average molecular weight is 284 g/mol. The molecule has 1 heterocycles. The van der Waals surface area contributed by atoms with E-state index in [9.17, 15) is 0 Å². The predicted octanol–water partition coefficient (Wildman–Crippen LogP) is 4.26. The predicted molar refractivity (Wildman–Crippen MR) is 66.0 cm³/mol. The highest BCUT2D eigenvalue weighted by atomic mass is 79.9. The second-order valence-electron chi connectivity index (χ2n) is 2.73. The third-order valence-corrected chi connectivity index (χ3v) is 5.55. The fourth-order valence-electron chi connectivity index (χ4n) is 1.25. The van der Waals surface area contributed by atoms with E-state index in [0.717, 1.165) is 9.86 Å². The summed E-state index contributed by atoms with van der Waals surface area (Å²) in [5, 5.41) is 9.92. The highest BCUT2D eigenvalue weighted by molar-refractivity contribution is 9.10. The van der Waals surface area contributed by atoms with Crippen LogP contribution in [0.25, 0.3) is 10.1 Å². The van der Waals surface area contributed by atoms with Crippen LogP contribution in [0.5, 0.6) is 0 Å². The summed E-state index contributed by atoms with van der Waals surface area (Å²) in [6, 6.07) is 7.94. The maximum absolute atomic E-state index is 8.78. The molecule has 14 heavy (non-hydrogen) atoms. The van der Waals surface area contributed by atoms with Gasteiger partial charge in [0.15, 0.2) is 0 Å². The Morgan fingerprint density at radius 1 is 1.50 bits per heavy atom. The van der Waals surface area contributed by atoms with Crippen molar-refractivity contribution in [1.82, 2.24) is 0 Å². The van der Waals surface area contributed by atoms with E-state index in [1.165, 1.54) is 8.91 Å². The molecule has 2 aromatic rings. The van der Waals surface area contributed by atoms with Crippen molar-refractivity contribution in [1.29, 1.82) is 5.26 Å². The number of benzene rings is 1. The number of halogens is 1. The molecular formula is C10H6BrNS2. The lowest BCUT2D eigenvalue weighted by molar-refractivity contribution is 1.50. The summed E-state index contributed by atoms with van der Waals surface area (Å²) in [6.45, 7) is 0. The van der Waals surface area contributed by atoms with Crippen molar-refractivity contribution < 1.29 is 0 Å². The Hall–Kier alpha value is -0.500. The molecule has 1 nitrogen and oxygen atoms in total. The highest BCUT2D eigenvalue weighted by Gasteiger charge is 2.08. The number of thioether (sulfide) groups is 1. The third-order valence-electron chi connectivity index (χ3n) is 1.91. The van der Waals surface area contributed by atoms with Gasteiger partial charge in [-0.3, -0.25) is 0 Å². The SMILES string of the molecule is CSc1sc2ccc(C#N)cc2c1Br. The molecule has 0 aliphatic rings. The van der Waals surface area contributed by atoms with Crippen molar-refractivity contribution in [3.63, 3.8) is 0 Å². The van der Waals surface area contributed by atoms with Crippen LogP contribution in [0, 0.1) is 11.3 Å². The molecule has 0 bridgehead atoms. The highest BCUT2D eigenvalue weighted by Crippen LogP contribution is 2.40. The summed E-state index contributed by atoms with van der Waals surface area (Å²) in [6.07, 6.45) is 2.06. The Labute approximate surface area is 98.9 Å². The van der Waals surface area contributed by atoms with E-state index in [1.807, 2.05) is 18.2 Å². The van der Waals surface area contributed by atoms with Crippen LogP contribution in [0.2, 0.25) is 0 Å². The molecule has 0 amide bonds. The molecule has 0 saturated heterocycles. The fraction of sp³-hybridized carbons (Fsp3) is 0.100. The van der Waals surface area contributed by atoms with Crippen LogP contribution in [0.1, 0.15) is 5.56 Å². The lowest BCUT2D eigenvalue weighted by Crippen LogP contribution is -1.71. The smallest absolute Gasteiger partial charge is 0.0991 e. The van der Waals surface area contributed by atoms with Gasteiger partial charge in [-0.25, -0.2) is 0 Å². The molecule has 70 valence electrons. The first-order chi connectivity index (χ1) is 6.76. The van der Waals surface area contributed by atoms with Crippen molar-refractivity contribution in [2.45, 2.75) is 4.21 Å². The van der Waals surface area contributed by atoms with Gasteiger partial charge in [-0.1, -0.05) is 0 Å². The molecule has 4 heteroatoms. The summed E-state index contributed by atoms with van der Waals surface area (Å²) in [5.41, 5.74) is 0.712. The van der Waals surface area contributed by atoms with E-state index in [4.69, 9.17) is 5.26 Å². The Morgan fingerprint density at radius 3 is 2.93 bits per heavy atom. The van der Waals surface area contributed by atoms with Gasteiger partial charge >= 0.3 is 0 Å². The summed E-state index contributed by atoms with van der Waals surface area (Å²) in [4.78, 5) is 0. The Bertz CT molecular complexity index is 525. The molecule has 0 saturated carbocycles. The van der Waals surface area contributed by atoms with Crippen LogP contribution < -0.4 is 0 Å². The molecule has 2 rings (SSSR count). The Balaban J connectivity index is 2.75. The van der Waals surface area contributed by atoms with Crippen LogP contribution in [0.3, 0.4) is 0 Å². The van der Waals surface area contributed by atoms with Crippen molar-refractivity contribution in [3.8, 4) is 6.07 Å². The molecule has 0 aliphatic heterocycles. The number of hydrogen-bond donors (Lipinski definition) is 0. The molecule has 0 aliphatic carbocycles. The summed E-state index contributed by atoms with van der Waals surface area (Å²) in [7, 11) is 0. The monoisotopic (exact) mass is 283 g/mol. The topological polar surface area (TPSA) is 23.8 Å². The van der Waals surface area contributed by atoms with Gasteiger partial charge < -0.3 is 0 Å². The van der Waals surface area contributed by atoms with Crippen molar-refractivity contribution in [3.05, 3.63) is 28.2 Å². The minimum Gasteiger partial charge on any atom is -0.192 e. The normalized spacial score (nSPS) is 10.4. The van der Waals surface area contributed by atoms with E-state index < -0.39 is 0 Å². The zero-order valence-electron chi connectivity index (χ0n) is 7.37. The van der Waals surface area contributed by atoms with E-state index >= 15 is 0 Å². The quantitative estimate of drug-likeness (QED) is 0.731. The maximum atomic E-state index is 8.78. The molecule has 0 fully saturated rings. The molecule has 0 radical (unpaired) electrons. The zero-order valence-corrected chi connectivity index (χ0v) is 10.6. The van der Waals surface area contributed by atoms with Crippen LogP contribution in [0.15, 0.2) is 26.9 Å². The Morgan fingerprint density at radius 2 is 2.29 bits per heavy atom. The van der Waals surface area contributed by atoms with Gasteiger partial charge in [0, 0.05) is 14.6 Å². The molecule has 1 aromatic heterocycles. The first-order valence-electron chi connectivity index (χ1n) is 3.92. The molecule has 0 N–H and O–H groups in total. The van der Waals surface area contributed by atoms with Crippen molar-refractivity contribution >= 4 is 49.1 Å². The van der Waals surface area contributed by atoms with Crippen LogP contribution in [-0.2, 0) is 0 Å². The van der Waals surface area contributed by atoms with E-state index in [1.54, 1.807) is 23.1 Å². The van der Waals surface area contributed by atoms with Gasteiger partial charge in [-0.05, 0) is 40.4 Å². The Kier molecular flexibility index (Phi) is 2.82. The lowest BCUT2D eigenvalue weighted by Gasteiger charge is -1.91. The number of rotatable bonds is 1. The minimum absolute atomic E-state index is 0.712. The zero-order chi connectivity index (χ0) is 10.1. The second kappa shape index (κ2) is 3.93. The van der Waals surface area contributed by atoms with E-state index in [0.29, 0.717) is 5.56 Å². The van der Waals surface area contributed by atoms with Gasteiger partial charge in [0.05, 0.1) is 15.8 Å². The van der Waals surface area contributed by atoms with Gasteiger partial charge in [-0.2, -0.15) is 5.26 Å². The van der Waals surface area contributed by atoms with Gasteiger partial charge in [0.25, 0.3) is 0 Å². The average Bonchev–Trinajstić information content (AvgIpc) is 2.55. The summed E-state index contributed by atoms with van der Waals surface area (Å²) in [5.74, 6) is 0. The van der Waals surface area contributed by atoms with E-state index in [-0.39, 0.29) is 0 Å². The van der Waals surface area contributed by atoms with Crippen LogP contribution in [0.4, 0.5) is 0 Å². The third kappa shape index (κ3) is 1.56. The molecular weight excluding hydrogens is 278 g/mol. The number of hydrogen-bond acceptors (Lipinski definition) is 3. The first-order valence-corrected chi connectivity index (χ1v) is 6.76. The molecule has 0 spiro atoms. The maximum Gasteiger partial charge on any atom is 0.0991 e. The van der Waals surface area contributed by atoms with Crippen LogP contribution >= 0.6 is 39.0 Å². The molecule has 0 atom stereocenters. The van der Waals surface area contributed by atoms with Gasteiger partial charge in [0.1, 0.15) is 0 Å². The van der Waals surface area contributed by atoms with Crippen molar-refractivity contribution in [2.24, 2.45) is 0 Å². The number of fused-ring (bicyclic) bond motifs is 1. The molecule has 1 aromatic carbocycles. The minimum atomic E-state index is 0.712. The summed E-state index contributed by atoms with van der Waals surface area (Å²) >= 11 is 7.03. The molecule has 0 unspecified atom stereocenters. The number of nitrogens with zero attached hydrogens (tertiary/aromatic N) is 1. The lowest BCUT2D eigenvalue weighted by atomic mass is 10.2. The fourth-order valence-corrected chi connectivity index (χ4v) is 4.13. The largest absolute Gasteiger partial charge is 0.192 e. The number of nitriles is 1. The standard InChI is InChI=1S/C10H6BrNS2/c1-13-10-9(11)7-4-6(5-12)2-3-8(7)14-10/h2-4H,1H3. The van der Waals surface area contributed by atoms with Crippen molar-refractivity contribution in [2.75, 3.05) is 6.26 Å². The van der Waals surface area contributed by atoms with Gasteiger partial charge in [0.2, 0.25) is 0 Å². The van der Waals surface area contributed by atoms with Crippen LogP contribution in [-0.4, -0.2) is 6.26 Å². The summed E-state index contributed by atoms with van der Waals surface area (Å²) < 4.78 is 3.59.